The zero-order chi connectivity index (χ0) is 17.3. The molecule has 1 amide bonds. The summed E-state index contributed by atoms with van der Waals surface area (Å²) in [5.41, 5.74) is 1.48. The third-order valence-electron chi connectivity index (χ3n) is 6.32. The highest BCUT2D eigenvalue weighted by molar-refractivity contribution is 5.81. The molecule has 3 aliphatic heterocycles. The van der Waals surface area contributed by atoms with Crippen LogP contribution in [-0.4, -0.2) is 72.9 Å². The van der Waals surface area contributed by atoms with Crippen LogP contribution < -0.4 is 0 Å². The van der Waals surface area contributed by atoms with E-state index in [9.17, 15) is 9.90 Å². The number of likely N-dealkylation sites (tertiary alicyclic amines) is 2. The molecule has 136 valence electrons. The minimum atomic E-state index is -0.223. The van der Waals surface area contributed by atoms with Crippen molar-refractivity contribution in [2.24, 2.45) is 5.92 Å². The Hall–Kier alpha value is -1.43. The van der Waals surface area contributed by atoms with Crippen LogP contribution in [0.1, 0.15) is 24.8 Å². The number of hydrogen-bond donors (Lipinski definition) is 1. The lowest BCUT2D eigenvalue weighted by Gasteiger charge is -2.44. The van der Waals surface area contributed by atoms with Crippen molar-refractivity contribution in [1.82, 2.24) is 9.80 Å². The lowest BCUT2D eigenvalue weighted by Crippen LogP contribution is -2.53. The molecular weight excluding hydrogens is 316 g/mol. The number of aliphatic hydroxyl groups is 1. The molecule has 0 aliphatic carbocycles. The summed E-state index contributed by atoms with van der Waals surface area (Å²) in [5, 5.41) is 9.38. The molecule has 0 spiro atoms. The molecule has 1 aromatic carbocycles. The van der Waals surface area contributed by atoms with Gasteiger partial charge in [0, 0.05) is 50.7 Å². The summed E-state index contributed by atoms with van der Waals surface area (Å²) in [7, 11) is 0. The van der Waals surface area contributed by atoms with Crippen molar-refractivity contribution in [3.63, 3.8) is 0 Å². The highest BCUT2D eigenvalue weighted by atomic mass is 16.5. The Morgan fingerprint density at radius 3 is 2.84 bits per heavy atom. The van der Waals surface area contributed by atoms with E-state index in [1.54, 1.807) is 0 Å². The van der Waals surface area contributed by atoms with E-state index in [-0.39, 0.29) is 24.0 Å². The van der Waals surface area contributed by atoms with Gasteiger partial charge in [-0.25, -0.2) is 0 Å². The van der Waals surface area contributed by atoms with Crippen molar-refractivity contribution in [3.8, 4) is 0 Å². The summed E-state index contributed by atoms with van der Waals surface area (Å²) in [5.74, 6) is 0.598. The van der Waals surface area contributed by atoms with E-state index in [4.69, 9.17) is 4.74 Å². The Morgan fingerprint density at radius 1 is 1.28 bits per heavy atom. The smallest absolute Gasteiger partial charge is 0.251 e. The summed E-state index contributed by atoms with van der Waals surface area (Å²) in [4.78, 5) is 17.2. The van der Waals surface area contributed by atoms with Gasteiger partial charge in [-0.3, -0.25) is 9.69 Å². The zero-order valence-electron chi connectivity index (χ0n) is 14.8. The maximum Gasteiger partial charge on any atom is 0.251 e. The molecule has 5 nitrogen and oxygen atoms in total. The van der Waals surface area contributed by atoms with Gasteiger partial charge >= 0.3 is 0 Å². The van der Waals surface area contributed by atoms with E-state index < -0.39 is 0 Å². The molecule has 0 aromatic heterocycles. The van der Waals surface area contributed by atoms with Crippen molar-refractivity contribution in [2.75, 3.05) is 45.9 Å². The normalized spacial score (nSPS) is 32.8. The van der Waals surface area contributed by atoms with Gasteiger partial charge in [0.2, 0.25) is 0 Å². The number of nitrogens with zero attached hydrogens (tertiary/aromatic N) is 2. The number of piperidine rings is 1. The Morgan fingerprint density at radius 2 is 2.12 bits per heavy atom. The summed E-state index contributed by atoms with van der Waals surface area (Å²) in [6.45, 7) is 5.15. The molecule has 4 rings (SSSR count). The Labute approximate surface area is 149 Å². The van der Waals surface area contributed by atoms with Crippen molar-refractivity contribution in [3.05, 3.63) is 35.9 Å². The first-order chi connectivity index (χ1) is 12.2. The number of hydrogen-bond acceptors (Lipinski definition) is 4. The highest BCUT2D eigenvalue weighted by Gasteiger charge is 2.51. The van der Waals surface area contributed by atoms with Gasteiger partial charge in [0.25, 0.3) is 5.91 Å². The van der Waals surface area contributed by atoms with E-state index in [2.05, 4.69) is 35.2 Å². The quantitative estimate of drug-likeness (QED) is 0.893. The van der Waals surface area contributed by atoms with Gasteiger partial charge < -0.3 is 14.7 Å². The van der Waals surface area contributed by atoms with Gasteiger partial charge in [0.1, 0.15) is 6.10 Å². The first-order valence-corrected chi connectivity index (χ1v) is 9.52. The van der Waals surface area contributed by atoms with Crippen LogP contribution in [0.3, 0.4) is 0 Å². The molecule has 3 aliphatic rings. The number of β-amino-alcohol motifs (C(OH)–C–C–N with tert-alkyl or cyclic N) is 1. The Bertz CT molecular complexity index is 602. The summed E-state index contributed by atoms with van der Waals surface area (Å²) >= 11 is 0. The second-order valence-electron chi connectivity index (χ2n) is 7.71. The number of fused-ring (bicyclic) bond motifs is 1. The van der Waals surface area contributed by atoms with Crippen LogP contribution in [-0.2, 0) is 14.9 Å². The van der Waals surface area contributed by atoms with Crippen molar-refractivity contribution < 1.29 is 14.6 Å². The number of rotatable bonds is 4. The third kappa shape index (κ3) is 3.09. The van der Waals surface area contributed by atoms with Crippen molar-refractivity contribution in [1.29, 1.82) is 0 Å². The van der Waals surface area contributed by atoms with Crippen LogP contribution in [0.4, 0.5) is 0 Å². The molecule has 3 heterocycles. The minimum absolute atomic E-state index is 0.101. The number of benzene rings is 1. The molecule has 3 fully saturated rings. The van der Waals surface area contributed by atoms with Crippen LogP contribution in [0.5, 0.6) is 0 Å². The SMILES string of the molecule is O=C([C@H]1CCCO1)N1CC[C@@]2(c3ccccc3)CN(CCO)C[C@@H]2C1. The zero-order valence-corrected chi connectivity index (χ0v) is 14.8. The number of ether oxygens (including phenoxy) is 1. The lowest BCUT2D eigenvalue weighted by molar-refractivity contribution is -0.143. The molecule has 5 heteroatoms. The van der Waals surface area contributed by atoms with E-state index in [1.807, 2.05) is 4.90 Å². The van der Waals surface area contributed by atoms with Crippen LogP contribution in [0.25, 0.3) is 0 Å². The molecule has 0 saturated carbocycles. The second kappa shape index (κ2) is 7.06. The first-order valence-electron chi connectivity index (χ1n) is 9.52. The number of aliphatic hydroxyl groups excluding tert-OH is 1. The predicted octanol–water partition coefficient (Wildman–Crippen LogP) is 1.26. The van der Waals surface area contributed by atoms with Crippen molar-refractivity contribution in [2.45, 2.75) is 30.8 Å². The minimum Gasteiger partial charge on any atom is -0.395 e. The van der Waals surface area contributed by atoms with Gasteiger partial charge in [-0.2, -0.15) is 0 Å². The summed E-state index contributed by atoms with van der Waals surface area (Å²) in [6, 6.07) is 10.7. The van der Waals surface area contributed by atoms with Gasteiger partial charge in [-0.15, -0.1) is 0 Å². The van der Waals surface area contributed by atoms with Crippen LogP contribution in [0.2, 0.25) is 0 Å². The van der Waals surface area contributed by atoms with Gasteiger partial charge in [0.05, 0.1) is 6.61 Å². The molecule has 25 heavy (non-hydrogen) atoms. The molecule has 0 unspecified atom stereocenters. The van der Waals surface area contributed by atoms with Crippen molar-refractivity contribution >= 4 is 5.91 Å². The fourth-order valence-corrected chi connectivity index (χ4v) is 5.02. The molecule has 3 saturated heterocycles. The van der Waals surface area contributed by atoms with Gasteiger partial charge in [0.15, 0.2) is 0 Å². The number of carbonyl (C=O) groups is 1. The highest BCUT2D eigenvalue weighted by Crippen LogP contribution is 2.45. The number of amides is 1. The van der Waals surface area contributed by atoms with E-state index in [0.29, 0.717) is 19.1 Å². The average molecular weight is 344 g/mol. The largest absolute Gasteiger partial charge is 0.395 e. The Kier molecular flexibility index (Phi) is 4.80. The number of carbonyl (C=O) groups excluding carboxylic acids is 1. The topological polar surface area (TPSA) is 53.0 Å². The molecule has 1 aromatic rings. The fraction of sp³-hybridized carbons (Fsp3) is 0.650. The summed E-state index contributed by atoms with van der Waals surface area (Å²) in [6.07, 6.45) is 2.62. The predicted molar refractivity (Wildman–Crippen MR) is 95.3 cm³/mol. The molecule has 1 N–H and O–H groups in total. The fourth-order valence-electron chi connectivity index (χ4n) is 5.02. The first kappa shape index (κ1) is 17.0. The average Bonchev–Trinajstić information content (AvgIpc) is 3.29. The molecule has 0 bridgehead atoms. The maximum atomic E-state index is 12.8. The van der Waals surface area contributed by atoms with Gasteiger partial charge in [-0.1, -0.05) is 30.3 Å². The molecular formula is C20H28N2O3. The van der Waals surface area contributed by atoms with E-state index in [1.165, 1.54) is 5.56 Å². The third-order valence-corrected chi connectivity index (χ3v) is 6.32. The maximum absolute atomic E-state index is 12.8. The lowest BCUT2D eigenvalue weighted by atomic mass is 9.68. The summed E-state index contributed by atoms with van der Waals surface area (Å²) < 4.78 is 5.61. The second-order valence-corrected chi connectivity index (χ2v) is 7.71. The van der Waals surface area contributed by atoms with Crippen LogP contribution in [0.15, 0.2) is 30.3 Å². The monoisotopic (exact) mass is 344 g/mol. The molecule has 0 radical (unpaired) electrons. The van der Waals surface area contributed by atoms with E-state index >= 15 is 0 Å². The standard InChI is InChI=1S/C20H28N2O3/c23-11-10-21-13-17-14-22(19(24)18-7-4-12-25-18)9-8-20(17,15-21)16-5-2-1-3-6-16/h1-3,5-6,17-18,23H,4,7-15H2/t17-,18-,20+/m1/s1. The van der Waals surface area contributed by atoms with Crippen LogP contribution in [0, 0.1) is 5.92 Å². The Balaban J connectivity index is 1.55. The van der Waals surface area contributed by atoms with Crippen LogP contribution >= 0.6 is 0 Å². The molecule has 3 atom stereocenters. The van der Waals surface area contributed by atoms with Gasteiger partial charge in [-0.05, 0) is 24.8 Å². The van der Waals surface area contributed by atoms with E-state index in [0.717, 1.165) is 45.4 Å².